The van der Waals surface area contributed by atoms with E-state index in [9.17, 15) is 9.59 Å². The zero-order valence-corrected chi connectivity index (χ0v) is 22.8. The van der Waals surface area contributed by atoms with Crippen LogP contribution in [0.1, 0.15) is 25.5 Å². The topological polar surface area (TPSA) is 101 Å². The van der Waals surface area contributed by atoms with Crippen LogP contribution in [0, 0.1) is 0 Å². The first-order chi connectivity index (χ1) is 19.4. The van der Waals surface area contributed by atoms with E-state index in [1.807, 2.05) is 50.2 Å². The highest BCUT2D eigenvalue weighted by Crippen LogP contribution is 2.39. The maximum absolute atomic E-state index is 12.6. The molecular weight excluding hydrogens is 512 g/mol. The quantitative estimate of drug-likeness (QED) is 0.213. The second-order valence-corrected chi connectivity index (χ2v) is 9.29. The van der Waals surface area contributed by atoms with Crippen LogP contribution in [-0.2, 0) is 0 Å². The van der Waals surface area contributed by atoms with E-state index in [1.165, 1.54) is 13.2 Å². The Morgan fingerprint density at radius 1 is 0.675 bits per heavy atom. The maximum Gasteiger partial charge on any atom is 0.336 e. The first kappa shape index (κ1) is 26.6. The molecule has 8 heteroatoms. The van der Waals surface area contributed by atoms with Crippen molar-refractivity contribution < 1.29 is 27.5 Å². The highest BCUT2D eigenvalue weighted by atomic mass is 16.5. The van der Waals surface area contributed by atoms with Gasteiger partial charge in [-0.05, 0) is 24.3 Å². The van der Waals surface area contributed by atoms with Gasteiger partial charge in [-0.15, -0.1) is 0 Å². The molecule has 0 aliphatic rings. The van der Waals surface area contributed by atoms with Crippen LogP contribution in [0.5, 0.6) is 17.2 Å². The number of methoxy groups -OCH3 is 3. The minimum Gasteiger partial charge on any atom is -0.493 e. The molecule has 0 saturated heterocycles. The van der Waals surface area contributed by atoms with Crippen molar-refractivity contribution in [2.45, 2.75) is 19.8 Å². The summed E-state index contributed by atoms with van der Waals surface area (Å²) in [5.74, 6) is 2.89. The third kappa shape index (κ3) is 4.80. The molecular formula is C32H28O8. The van der Waals surface area contributed by atoms with E-state index >= 15 is 0 Å². The first-order valence-electron chi connectivity index (χ1n) is 12.6. The van der Waals surface area contributed by atoms with Crippen LogP contribution in [-0.4, -0.2) is 21.3 Å². The smallest absolute Gasteiger partial charge is 0.336 e. The average molecular weight is 541 g/mol. The lowest BCUT2D eigenvalue weighted by Crippen LogP contribution is -2.08. The molecule has 6 rings (SSSR count). The number of furan rings is 1. The Balaban J connectivity index is 0.000000162. The second-order valence-electron chi connectivity index (χ2n) is 9.29. The number of rotatable bonds is 5. The summed E-state index contributed by atoms with van der Waals surface area (Å²) in [5, 5.41) is 2.18. The Hall–Kier alpha value is -4.98. The summed E-state index contributed by atoms with van der Waals surface area (Å²) in [6.07, 6.45) is 0. The zero-order valence-electron chi connectivity index (χ0n) is 22.8. The van der Waals surface area contributed by atoms with Crippen LogP contribution in [0.2, 0.25) is 0 Å². The third-order valence-electron chi connectivity index (χ3n) is 6.44. The van der Waals surface area contributed by atoms with E-state index in [4.69, 9.17) is 27.5 Å². The van der Waals surface area contributed by atoms with Gasteiger partial charge in [0.25, 0.3) is 0 Å². The van der Waals surface area contributed by atoms with Crippen molar-refractivity contribution >= 4 is 32.9 Å². The Bertz CT molecular complexity index is 1930. The molecule has 3 heterocycles. The molecule has 0 fully saturated rings. The number of hydrogen-bond donors (Lipinski definition) is 0. The number of fused-ring (bicyclic) bond motifs is 3. The fraction of sp³-hybridized carbons (Fsp3) is 0.188. The van der Waals surface area contributed by atoms with Gasteiger partial charge in [-0.2, -0.15) is 0 Å². The summed E-state index contributed by atoms with van der Waals surface area (Å²) in [7, 11) is 4.64. The SMILES string of the molecule is COc1c(-c2ccccc2)oc2c(OC)cccc2c1=O.COc1c(C(C)C)oc2cc3oc(=O)ccc3cc12. The van der Waals surface area contributed by atoms with Gasteiger partial charge < -0.3 is 27.5 Å². The highest BCUT2D eigenvalue weighted by Gasteiger charge is 2.20. The van der Waals surface area contributed by atoms with Gasteiger partial charge in [-0.25, -0.2) is 4.79 Å². The number of benzene rings is 3. The van der Waals surface area contributed by atoms with Crippen LogP contribution in [0.4, 0.5) is 0 Å². The summed E-state index contributed by atoms with van der Waals surface area (Å²) < 4.78 is 32.9. The minimum atomic E-state index is -0.366. The van der Waals surface area contributed by atoms with E-state index < -0.39 is 0 Å². The Labute approximate surface area is 229 Å². The molecule has 0 unspecified atom stereocenters. The van der Waals surface area contributed by atoms with E-state index in [2.05, 4.69) is 0 Å². The maximum atomic E-state index is 12.6. The summed E-state index contributed by atoms with van der Waals surface area (Å²) in [6, 6.07) is 21.4. The number of hydrogen-bond acceptors (Lipinski definition) is 8. The number of ether oxygens (including phenoxy) is 3. The summed E-state index contributed by atoms with van der Waals surface area (Å²) in [6.45, 7) is 4.08. The lowest BCUT2D eigenvalue weighted by molar-refractivity contribution is 0.390. The van der Waals surface area contributed by atoms with Crippen LogP contribution < -0.4 is 25.3 Å². The molecule has 0 bridgehead atoms. The molecule has 8 nitrogen and oxygen atoms in total. The van der Waals surface area contributed by atoms with Crippen molar-refractivity contribution in [2.24, 2.45) is 0 Å². The fourth-order valence-corrected chi connectivity index (χ4v) is 4.55. The van der Waals surface area contributed by atoms with Crippen LogP contribution in [0.25, 0.3) is 44.2 Å². The Morgan fingerprint density at radius 3 is 2.10 bits per heavy atom. The van der Waals surface area contributed by atoms with Gasteiger partial charge in [-0.3, -0.25) is 4.79 Å². The van der Waals surface area contributed by atoms with Gasteiger partial charge in [-0.1, -0.05) is 50.2 Å². The van der Waals surface area contributed by atoms with E-state index in [0.29, 0.717) is 33.6 Å². The Kier molecular flexibility index (Phi) is 7.33. The van der Waals surface area contributed by atoms with Gasteiger partial charge in [0.05, 0.1) is 32.1 Å². The highest BCUT2D eigenvalue weighted by molar-refractivity contribution is 5.97. The molecule has 0 aliphatic carbocycles. The molecule has 3 aromatic heterocycles. The van der Waals surface area contributed by atoms with Crippen molar-refractivity contribution in [1.29, 1.82) is 0 Å². The largest absolute Gasteiger partial charge is 0.493 e. The monoisotopic (exact) mass is 540 g/mol. The van der Waals surface area contributed by atoms with Gasteiger partial charge in [0.1, 0.15) is 16.9 Å². The lowest BCUT2D eigenvalue weighted by atomic mass is 10.1. The Morgan fingerprint density at radius 2 is 1.43 bits per heavy atom. The van der Waals surface area contributed by atoms with Crippen molar-refractivity contribution in [2.75, 3.05) is 21.3 Å². The standard InChI is InChI=1S/C17H14O4.C15H14O4/c1-19-13-10-6-9-12-14(18)17(20-2)15(21-16(12)13)11-7-4-3-5-8-11;1-8(2)14-15(17-3)10-6-9-4-5-13(16)18-11(9)7-12(10)19-14/h3-10H,1-2H3;4-8H,1-3H3. The predicted octanol–water partition coefficient (Wildman–Crippen LogP) is 7.15. The molecule has 0 amide bonds. The predicted molar refractivity (Wildman–Crippen MR) is 154 cm³/mol. The molecule has 40 heavy (non-hydrogen) atoms. The van der Waals surface area contributed by atoms with Gasteiger partial charge in [0.15, 0.2) is 22.8 Å². The fourth-order valence-electron chi connectivity index (χ4n) is 4.55. The summed E-state index contributed by atoms with van der Waals surface area (Å²) >= 11 is 0. The molecule has 0 radical (unpaired) electrons. The molecule has 6 aromatic rings. The molecule has 3 aromatic carbocycles. The van der Waals surface area contributed by atoms with E-state index in [-0.39, 0.29) is 22.7 Å². The van der Waals surface area contributed by atoms with Crippen LogP contribution in [0.15, 0.2) is 95.6 Å². The van der Waals surface area contributed by atoms with Crippen molar-refractivity contribution in [1.82, 2.24) is 0 Å². The van der Waals surface area contributed by atoms with Gasteiger partial charge in [0.2, 0.25) is 11.2 Å². The molecule has 204 valence electrons. The molecule has 0 saturated carbocycles. The van der Waals surface area contributed by atoms with Crippen molar-refractivity contribution in [3.8, 4) is 28.6 Å². The lowest BCUT2D eigenvalue weighted by Gasteiger charge is -2.10. The minimum absolute atomic E-state index is 0.196. The molecule has 0 spiro atoms. The van der Waals surface area contributed by atoms with Gasteiger partial charge in [0, 0.05) is 29.0 Å². The van der Waals surface area contributed by atoms with Gasteiger partial charge >= 0.3 is 5.63 Å². The molecule has 0 atom stereocenters. The molecule has 0 aliphatic heterocycles. The van der Waals surface area contributed by atoms with Crippen molar-refractivity contribution in [3.05, 3.63) is 99.2 Å². The third-order valence-corrected chi connectivity index (χ3v) is 6.44. The normalized spacial score (nSPS) is 11.1. The second kappa shape index (κ2) is 11.0. The van der Waals surface area contributed by atoms with Crippen LogP contribution in [0.3, 0.4) is 0 Å². The van der Waals surface area contributed by atoms with Crippen molar-refractivity contribution in [3.63, 3.8) is 0 Å². The average Bonchev–Trinajstić information content (AvgIpc) is 3.34. The summed E-state index contributed by atoms with van der Waals surface area (Å²) in [4.78, 5) is 23.8. The number of para-hydroxylation sites is 1. The zero-order chi connectivity index (χ0) is 28.4. The summed E-state index contributed by atoms with van der Waals surface area (Å²) in [5.41, 5.74) is 1.81. The van der Waals surface area contributed by atoms with E-state index in [0.717, 1.165) is 27.8 Å². The first-order valence-corrected chi connectivity index (χ1v) is 12.6. The molecule has 0 N–H and O–H groups in total. The van der Waals surface area contributed by atoms with E-state index in [1.54, 1.807) is 44.6 Å². The van der Waals surface area contributed by atoms with Crippen LogP contribution >= 0.6 is 0 Å².